The van der Waals surface area contributed by atoms with Crippen LogP contribution in [-0.4, -0.2) is 36.4 Å². The first-order chi connectivity index (χ1) is 13.1. The summed E-state index contributed by atoms with van der Waals surface area (Å²) >= 11 is 0. The van der Waals surface area contributed by atoms with Crippen LogP contribution in [0.3, 0.4) is 0 Å². The first kappa shape index (κ1) is 29.6. The lowest BCUT2D eigenvalue weighted by atomic mass is 9.89. The zero-order valence-corrected chi connectivity index (χ0v) is 25.4. The van der Waals surface area contributed by atoms with Gasteiger partial charge in [0.25, 0.3) is 0 Å². The minimum Gasteiger partial charge on any atom is -0.407 e. The molecule has 2 nitrogen and oxygen atoms in total. The number of rotatable bonds is 9. The number of hydrogen-bond acceptors (Lipinski definition) is 2. The van der Waals surface area contributed by atoms with E-state index in [1.165, 1.54) is 0 Å². The average Bonchev–Trinajstić information content (AvgIpc) is 2.48. The molecule has 0 saturated heterocycles. The Morgan fingerprint density at radius 3 is 1.47 bits per heavy atom. The van der Waals surface area contributed by atoms with Gasteiger partial charge in [0.05, 0.1) is 5.60 Å². The normalized spacial score (nSPS) is 15.2. The largest absolute Gasteiger partial charge is 0.407 e. The van der Waals surface area contributed by atoms with Gasteiger partial charge in [-0.2, -0.15) is 0 Å². The van der Waals surface area contributed by atoms with Crippen molar-refractivity contribution in [3.05, 3.63) is 25.3 Å². The number of hydrogen-bond donors (Lipinski definition) is 0. The molecule has 0 fully saturated rings. The van der Waals surface area contributed by atoms with E-state index in [9.17, 15) is 0 Å². The molecule has 0 aromatic rings. The zero-order chi connectivity index (χ0) is 24.2. The van der Waals surface area contributed by atoms with E-state index in [4.69, 9.17) is 8.85 Å². The summed E-state index contributed by atoms with van der Waals surface area (Å²) in [6.07, 6.45) is 5.04. The lowest BCUT2D eigenvalue weighted by Gasteiger charge is -2.50. The van der Waals surface area contributed by atoms with Crippen molar-refractivity contribution in [2.75, 3.05) is 0 Å². The first-order valence-corrected chi connectivity index (χ1v) is 20.6. The molecule has 0 unspecified atom stereocenters. The van der Waals surface area contributed by atoms with E-state index in [-0.39, 0.29) is 16.2 Å². The molecular weight excluding hydrogens is 417 g/mol. The molecule has 0 bridgehead atoms. The molecule has 30 heavy (non-hydrogen) atoms. The van der Waals surface area contributed by atoms with E-state index >= 15 is 0 Å². The Labute approximate surface area is 192 Å². The van der Waals surface area contributed by atoms with Crippen molar-refractivity contribution >= 4 is 24.7 Å². The van der Waals surface area contributed by atoms with E-state index < -0.39 is 30.3 Å². The Bertz CT molecular complexity index is 637. The van der Waals surface area contributed by atoms with Crippen LogP contribution in [0, 0.1) is 11.5 Å². The second-order valence-corrected chi connectivity index (χ2v) is 26.9. The minimum atomic E-state index is -2.09. The predicted octanol–water partition coefficient (Wildman–Crippen LogP) is 8.17. The molecule has 174 valence electrons. The Balaban J connectivity index is 6.74. The molecule has 0 aliphatic rings. The van der Waals surface area contributed by atoms with Crippen LogP contribution in [0.5, 0.6) is 0 Å². The molecule has 0 amide bonds. The molecule has 0 rings (SSSR count). The summed E-state index contributed by atoms with van der Waals surface area (Å²) in [6.45, 7) is 37.9. The zero-order valence-electron chi connectivity index (χ0n) is 22.4. The summed E-state index contributed by atoms with van der Waals surface area (Å²) in [5.41, 5.74) is 3.03. The average molecular weight is 467 g/mol. The molecule has 0 heterocycles. The highest BCUT2D eigenvalue weighted by Crippen LogP contribution is 2.45. The van der Waals surface area contributed by atoms with Crippen LogP contribution in [0.15, 0.2) is 25.3 Å². The van der Waals surface area contributed by atoms with E-state index in [2.05, 4.69) is 112 Å². The van der Waals surface area contributed by atoms with Crippen LogP contribution >= 0.6 is 0 Å². The smallest absolute Gasteiger partial charge is 0.193 e. The molecule has 1 atom stereocenters. The highest BCUT2D eigenvalue weighted by molar-refractivity contribution is 6.83. The molecule has 0 saturated carbocycles. The van der Waals surface area contributed by atoms with E-state index in [1.807, 2.05) is 12.2 Å². The van der Waals surface area contributed by atoms with Gasteiger partial charge in [0.1, 0.15) is 14.2 Å². The molecule has 0 N–H and O–H groups in total. The summed E-state index contributed by atoms with van der Waals surface area (Å²) in [7, 11) is -5.75. The van der Waals surface area contributed by atoms with Crippen molar-refractivity contribution in [2.24, 2.45) is 0 Å². The van der Waals surface area contributed by atoms with Crippen LogP contribution in [0.25, 0.3) is 0 Å². The van der Waals surface area contributed by atoms with Gasteiger partial charge in [-0.25, -0.2) is 0 Å². The maximum absolute atomic E-state index is 7.16. The van der Waals surface area contributed by atoms with Crippen LogP contribution in [0.4, 0.5) is 0 Å². The lowest BCUT2D eigenvalue weighted by molar-refractivity contribution is -0.0257. The quantitative estimate of drug-likeness (QED) is 0.194. The molecule has 0 spiro atoms. The summed E-state index contributed by atoms with van der Waals surface area (Å²) in [4.78, 5) is 0. The Hall–Kier alpha value is -0.389. The fourth-order valence-corrected chi connectivity index (χ4v) is 5.98. The van der Waals surface area contributed by atoms with Crippen LogP contribution in [-0.2, 0) is 8.85 Å². The van der Waals surface area contributed by atoms with Crippen molar-refractivity contribution in [1.82, 2.24) is 0 Å². The standard InChI is InChI=1S/C25H50O2Si3/c1-16-19-25(20-17-2,27-30(14,15)24(6,7)8)22(18-21-28(9,10)11)26-29(12,13)23(3,4)5/h16-17,22H,1-2,19-20H2,3-15H3/t22-/m1/s1. The molecule has 0 aromatic heterocycles. The first-order valence-electron chi connectivity index (χ1n) is 11.3. The van der Waals surface area contributed by atoms with Gasteiger partial charge in [-0.15, -0.1) is 18.7 Å². The third kappa shape index (κ3) is 8.27. The highest BCUT2D eigenvalue weighted by Gasteiger charge is 2.50. The third-order valence-electron chi connectivity index (χ3n) is 6.52. The predicted molar refractivity (Wildman–Crippen MR) is 144 cm³/mol. The molecule has 0 aliphatic carbocycles. The van der Waals surface area contributed by atoms with E-state index in [0.29, 0.717) is 12.8 Å². The van der Waals surface area contributed by atoms with Gasteiger partial charge in [0, 0.05) is 0 Å². The fourth-order valence-electron chi connectivity index (χ4n) is 2.61. The molecule has 0 aliphatic heterocycles. The SMILES string of the molecule is C=CCC(CC=C)(O[Si](C)(C)C(C)(C)C)[C@@H](C#C[Si](C)(C)C)O[Si](C)(C)C(C)(C)C. The van der Waals surface area contributed by atoms with Gasteiger partial charge < -0.3 is 8.85 Å². The van der Waals surface area contributed by atoms with Crippen molar-refractivity contribution in [3.8, 4) is 11.5 Å². The van der Waals surface area contributed by atoms with Gasteiger partial charge in [-0.3, -0.25) is 0 Å². The maximum Gasteiger partial charge on any atom is 0.193 e. The summed E-state index contributed by atoms with van der Waals surface area (Å²) in [6, 6.07) is 0. The minimum absolute atomic E-state index is 0.0916. The third-order valence-corrected chi connectivity index (χ3v) is 16.4. The monoisotopic (exact) mass is 466 g/mol. The van der Waals surface area contributed by atoms with Crippen LogP contribution in [0.2, 0.25) is 55.9 Å². The van der Waals surface area contributed by atoms with Gasteiger partial charge in [0.2, 0.25) is 0 Å². The maximum atomic E-state index is 7.16. The summed E-state index contributed by atoms with van der Waals surface area (Å²) < 4.78 is 14.2. The molecular formula is C25H50O2Si3. The van der Waals surface area contributed by atoms with Crippen molar-refractivity contribution < 1.29 is 8.85 Å². The molecule has 0 radical (unpaired) electrons. The van der Waals surface area contributed by atoms with E-state index in [1.54, 1.807) is 0 Å². The van der Waals surface area contributed by atoms with Crippen molar-refractivity contribution in [3.63, 3.8) is 0 Å². The summed E-state index contributed by atoms with van der Waals surface area (Å²) in [5, 5.41) is 0.186. The van der Waals surface area contributed by atoms with Crippen LogP contribution < -0.4 is 0 Å². The Kier molecular flexibility index (Phi) is 9.91. The highest BCUT2D eigenvalue weighted by atomic mass is 28.4. The van der Waals surface area contributed by atoms with Gasteiger partial charge in [0.15, 0.2) is 16.6 Å². The Morgan fingerprint density at radius 1 is 0.767 bits per heavy atom. The van der Waals surface area contributed by atoms with Gasteiger partial charge in [-0.05, 0) is 49.1 Å². The van der Waals surface area contributed by atoms with E-state index in [0.717, 1.165) is 0 Å². The van der Waals surface area contributed by atoms with Crippen LogP contribution in [0.1, 0.15) is 54.4 Å². The van der Waals surface area contributed by atoms with Gasteiger partial charge >= 0.3 is 0 Å². The second-order valence-electron chi connectivity index (χ2n) is 12.7. The molecule has 0 aromatic carbocycles. The van der Waals surface area contributed by atoms with Crippen molar-refractivity contribution in [2.45, 2.75) is 122 Å². The van der Waals surface area contributed by atoms with Crippen molar-refractivity contribution in [1.29, 1.82) is 0 Å². The Morgan fingerprint density at radius 2 is 1.17 bits per heavy atom. The molecule has 5 heteroatoms. The second kappa shape index (κ2) is 10.0. The van der Waals surface area contributed by atoms with Gasteiger partial charge in [-0.1, -0.05) is 79.3 Å². The fraction of sp³-hybridized carbons (Fsp3) is 0.760. The topological polar surface area (TPSA) is 18.5 Å². The summed E-state index contributed by atoms with van der Waals surface area (Å²) in [5.74, 6) is 3.60. The lowest BCUT2D eigenvalue weighted by Crippen LogP contribution is -2.58.